The van der Waals surface area contributed by atoms with Gasteiger partial charge in [0, 0.05) is 18.3 Å². The van der Waals surface area contributed by atoms with Gasteiger partial charge in [-0.3, -0.25) is 19.3 Å². The molecule has 0 spiro atoms. The molecule has 0 saturated carbocycles. The highest BCUT2D eigenvalue weighted by molar-refractivity contribution is 6.04. The van der Waals surface area contributed by atoms with Crippen molar-refractivity contribution in [2.24, 2.45) is 0 Å². The Bertz CT molecular complexity index is 850. The fourth-order valence-electron chi connectivity index (χ4n) is 2.72. The van der Waals surface area contributed by atoms with Gasteiger partial charge in [0.15, 0.2) is 0 Å². The van der Waals surface area contributed by atoms with E-state index in [-0.39, 0.29) is 37.3 Å². The summed E-state index contributed by atoms with van der Waals surface area (Å²) in [6.07, 6.45) is 0.202. The van der Waals surface area contributed by atoms with Crippen molar-refractivity contribution in [3.05, 3.63) is 54.1 Å². The monoisotopic (exact) mass is 353 g/mol. The van der Waals surface area contributed by atoms with Crippen LogP contribution >= 0.6 is 0 Å². The van der Waals surface area contributed by atoms with Crippen LogP contribution in [0.5, 0.6) is 5.75 Å². The molecule has 2 aromatic carbocycles. The van der Waals surface area contributed by atoms with E-state index >= 15 is 0 Å². The standard InChI is InChI=1S/C19H19N3O4/c1-20-19(25)13-5-4-6-14(11-13)21-17(23)12-22-15-7-2-3-8-16(15)26-10-9-18(22)24/h2-8,11H,9-10,12H2,1H3,(H,20,25)(H,21,23). The maximum atomic E-state index is 12.5. The van der Waals surface area contributed by atoms with E-state index in [9.17, 15) is 14.4 Å². The molecule has 7 nitrogen and oxygen atoms in total. The second-order valence-electron chi connectivity index (χ2n) is 5.75. The predicted octanol–water partition coefficient (Wildman–Crippen LogP) is 1.80. The lowest BCUT2D eigenvalue weighted by molar-refractivity contribution is -0.121. The fraction of sp³-hybridized carbons (Fsp3) is 0.211. The van der Waals surface area contributed by atoms with Crippen molar-refractivity contribution in [1.82, 2.24) is 5.32 Å². The number of amides is 3. The maximum absolute atomic E-state index is 12.5. The summed E-state index contributed by atoms with van der Waals surface area (Å²) in [6.45, 7) is 0.144. The van der Waals surface area contributed by atoms with E-state index in [0.717, 1.165) is 0 Å². The van der Waals surface area contributed by atoms with Crippen molar-refractivity contribution in [3.8, 4) is 5.75 Å². The van der Waals surface area contributed by atoms with Crippen molar-refractivity contribution < 1.29 is 19.1 Å². The summed E-state index contributed by atoms with van der Waals surface area (Å²) < 4.78 is 5.56. The molecule has 26 heavy (non-hydrogen) atoms. The predicted molar refractivity (Wildman–Crippen MR) is 97.4 cm³/mol. The Morgan fingerprint density at radius 2 is 1.96 bits per heavy atom. The van der Waals surface area contributed by atoms with Gasteiger partial charge in [0.25, 0.3) is 5.91 Å². The first kappa shape index (κ1) is 17.5. The summed E-state index contributed by atoms with van der Waals surface area (Å²) in [5.41, 5.74) is 1.50. The summed E-state index contributed by atoms with van der Waals surface area (Å²) in [7, 11) is 1.54. The second-order valence-corrected chi connectivity index (χ2v) is 5.75. The van der Waals surface area contributed by atoms with Gasteiger partial charge in [-0.05, 0) is 30.3 Å². The first-order valence-electron chi connectivity index (χ1n) is 8.22. The minimum absolute atomic E-state index is 0.136. The van der Waals surface area contributed by atoms with E-state index in [4.69, 9.17) is 4.74 Å². The van der Waals surface area contributed by atoms with Crippen molar-refractivity contribution in [1.29, 1.82) is 0 Å². The van der Waals surface area contributed by atoms with Crippen molar-refractivity contribution in [2.75, 3.05) is 30.4 Å². The second kappa shape index (κ2) is 7.69. The molecule has 0 radical (unpaired) electrons. The van der Waals surface area contributed by atoms with Crippen LogP contribution in [0, 0.1) is 0 Å². The summed E-state index contributed by atoms with van der Waals surface area (Å²) >= 11 is 0. The van der Waals surface area contributed by atoms with Crippen LogP contribution in [0.25, 0.3) is 0 Å². The highest BCUT2D eigenvalue weighted by Crippen LogP contribution is 2.30. The normalized spacial score (nSPS) is 13.3. The highest BCUT2D eigenvalue weighted by Gasteiger charge is 2.25. The third-order valence-corrected chi connectivity index (χ3v) is 3.97. The number of ether oxygens (including phenoxy) is 1. The molecule has 0 unspecified atom stereocenters. The number of carbonyl (C=O) groups is 3. The van der Waals surface area contributed by atoms with E-state index < -0.39 is 0 Å². The molecule has 0 fully saturated rings. The Balaban J connectivity index is 1.75. The van der Waals surface area contributed by atoms with Crippen LogP contribution in [0.1, 0.15) is 16.8 Å². The molecule has 0 aromatic heterocycles. The van der Waals surface area contributed by atoms with Crippen molar-refractivity contribution in [2.45, 2.75) is 6.42 Å². The molecule has 7 heteroatoms. The van der Waals surface area contributed by atoms with Gasteiger partial charge in [-0.25, -0.2) is 0 Å². The van der Waals surface area contributed by atoms with Crippen molar-refractivity contribution in [3.63, 3.8) is 0 Å². The maximum Gasteiger partial charge on any atom is 0.251 e. The van der Waals surface area contributed by atoms with Gasteiger partial charge in [-0.1, -0.05) is 18.2 Å². The number of hydrogen-bond acceptors (Lipinski definition) is 4. The SMILES string of the molecule is CNC(=O)c1cccc(NC(=O)CN2C(=O)CCOc3ccccc32)c1. The summed E-state index contributed by atoms with van der Waals surface area (Å²) in [5.74, 6) is -0.198. The molecule has 1 aliphatic heterocycles. The lowest BCUT2D eigenvalue weighted by Crippen LogP contribution is -2.37. The highest BCUT2D eigenvalue weighted by atomic mass is 16.5. The number of anilines is 2. The smallest absolute Gasteiger partial charge is 0.251 e. The van der Waals surface area contributed by atoms with Gasteiger partial charge in [-0.15, -0.1) is 0 Å². The minimum atomic E-state index is -0.357. The number of para-hydroxylation sites is 2. The fourth-order valence-corrected chi connectivity index (χ4v) is 2.72. The summed E-state index contributed by atoms with van der Waals surface area (Å²) in [4.78, 5) is 37.9. The molecule has 2 N–H and O–H groups in total. The number of nitrogens with one attached hydrogen (secondary N) is 2. The van der Waals surface area contributed by atoms with Crippen LogP contribution in [0.2, 0.25) is 0 Å². The van der Waals surface area contributed by atoms with E-state index in [1.165, 1.54) is 11.9 Å². The molecule has 2 aromatic rings. The molecule has 1 heterocycles. The molecule has 0 atom stereocenters. The quantitative estimate of drug-likeness (QED) is 0.877. The Morgan fingerprint density at radius 3 is 2.77 bits per heavy atom. The van der Waals surface area contributed by atoms with Gasteiger partial charge in [0.2, 0.25) is 11.8 Å². The first-order valence-corrected chi connectivity index (χ1v) is 8.22. The van der Waals surface area contributed by atoms with E-state index in [2.05, 4.69) is 10.6 Å². The van der Waals surface area contributed by atoms with Crippen LogP contribution in [0.3, 0.4) is 0 Å². The molecule has 1 aliphatic rings. The molecule has 0 bridgehead atoms. The van der Waals surface area contributed by atoms with E-state index in [0.29, 0.717) is 22.7 Å². The topological polar surface area (TPSA) is 87.7 Å². The number of benzene rings is 2. The summed E-state index contributed by atoms with van der Waals surface area (Å²) in [6, 6.07) is 13.7. The Kier molecular flexibility index (Phi) is 5.17. The zero-order chi connectivity index (χ0) is 18.5. The van der Waals surface area contributed by atoms with Gasteiger partial charge < -0.3 is 15.4 Å². The molecule has 0 saturated heterocycles. The van der Waals surface area contributed by atoms with E-state index in [1.54, 1.807) is 42.5 Å². The minimum Gasteiger partial charge on any atom is -0.491 e. The first-order chi connectivity index (χ1) is 12.6. The third-order valence-electron chi connectivity index (χ3n) is 3.97. The number of carbonyl (C=O) groups excluding carboxylic acids is 3. The molecule has 3 amide bonds. The van der Waals surface area contributed by atoms with Gasteiger partial charge in [-0.2, -0.15) is 0 Å². The Labute approximate surface area is 150 Å². The molecule has 3 rings (SSSR count). The average molecular weight is 353 g/mol. The summed E-state index contributed by atoms with van der Waals surface area (Å²) in [5, 5.41) is 5.26. The zero-order valence-electron chi connectivity index (χ0n) is 14.3. The molecule has 134 valence electrons. The lowest BCUT2D eigenvalue weighted by atomic mass is 10.2. The molecular formula is C19H19N3O4. The third kappa shape index (κ3) is 3.83. The Hall–Kier alpha value is -3.35. The van der Waals surface area contributed by atoms with Crippen LogP contribution < -0.4 is 20.3 Å². The van der Waals surface area contributed by atoms with Gasteiger partial charge >= 0.3 is 0 Å². The number of fused-ring (bicyclic) bond motifs is 1. The number of rotatable bonds is 4. The zero-order valence-corrected chi connectivity index (χ0v) is 14.3. The van der Waals surface area contributed by atoms with Gasteiger partial charge in [0.1, 0.15) is 12.3 Å². The lowest BCUT2D eigenvalue weighted by Gasteiger charge is -2.21. The largest absolute Gasteiger partial charge is 0.491 e. The van der Waals surface area contributed by atoms with E-state index in [1.807, 2.05) is 6.07 Å². The van der Waals surface area contributed by atoms with Crippen LogP contribution in [-0.2, 0) is 9.59 Å². The molecular weight excluding hydrogens is 334 g/mol. The molecule has 0 aliphatic carbocycles. The average Bonchev–Trinajstić information content (AvgIpc) is 2.80. The number of nitrogens with zero attached hydrogens (tertiary/aromatic N) is 1. The van der Waals surface area contributed by atoms with Gasteiger partial charge in [0.05, 0.1) is 18.7 Å². The van der Waals surface area contributed by atoms with Crippen LogP contribution in [0.4, 0.5) is 11.4 Å². The van der Waals surface area contributed by atoms with Crippen LogP contribution in [-0.4, -0.2) is 37.9 Å². The van der Waals surface area contributed by atoms with Crippen LogP contribution in [0.15, 0.2) is 48.5 Å². The van der Waals surface area contributed by atoms with Crippen molar-refractivity contribution >= 4 is 29.1 Å². The number of hydrogen-bond donors (Lipinski definition) is 2. The Morgan fingerprint density at radius 1 is 1.15 bits per heavy atom.